The fraction of sp³-hybridized carbons (Fsp3) is 0.375. The summed E-state index contributed by atoms with van der Waals surface area (Å²) in [5.41, 5.74) is 0. The number of hydrogen-bond acceptors (Lipinski definition) is 2. The third kappa shape index (κ3) is 1.16. The van der Waals surface area contributed by atoms with E-state index < -0.39 is 0 Å². The van der Waals surface area contributed by atoms with Gasteiger partial charge in [-0.1, -0.05) is 13.3 Å². The zero-order valence-corrected chi connectivity index (χ0v) is 7.27. The molecule has 0 aliphatic heterocycles. The van der Waals surface area contributed by atoms with Gasteiger partial charge in [0.15, 0.2) is 4.96 Å². The first-order valence-electron chi connectivity index (χ1n) is 3.81. The average molecular weight is 166 g/mol. The van der Waals surface area contributed by atoms with Crippen LogP contribution in [0, 0.1) is 0 Å². The molecule has 0 N–H and O–H groups in total. The molecule has 0 radical (unpaired) electrons. The lowest BCUT2D eigenvalue weighted by Gasteiger charge is -1.85. The fourth-order valence-electron chi connectivity index (χ4n) is 1.14. The molecule has 11 heavy (non-hydrogen) atoms. The highest BCUT2D eigenvalue weighted by Gasteiger charge is 1.99. The van der Waals surface area contributed by atoms with Crippen molar-refractivity contribution in [2.75, 3.05) is 0 Å². The van der Waals surface area contributed by atoms with Crippen molar-refractivity contribution in [3.05, 3.63) is 23.5 Å². The quantitative estimate of drug-likeness (QED) is 0.669. The summed E-state index contributed by atoms with van der Waals surface area (Å²) in [6.45, 7) is 2.20. The topological polar surface area (TPSA) is 17.3 Å². The minimum atomic E-state index is 1.11. The van der Waals surface area contributed by atoms with E-state index >= 15 is 0 Å². The third-order valence-corrected chi connectivity index (χ3v) is 2.71. The molecule has 3 heteroatoms. The Bertz CT molecular complexity index is 319. The van der Waals surface area contributed by atoms with E-state index in [1.54, 1.807) is 11.3 Å². The van der Waals surface area contributed by atoms with Gasteiger partial charge >= 0.3 is 0 Å². The van der Waals surface area contributed by atoms with Gasteiger partial charge in [-0.2, -0.15) is 0 Å². The lowest BCUT2D eigenvalue weighted by Crippen LogP contribution is -1.75. The van der Waals surface area contributed by atoms with Crippen LogP contribution in [-0.2, 0) is 6.42 Å². The Hall–Kier alpha value is -0.830. The Balaban J connectivity index is 2.42. The fourth-order valence-corrected chi connectivity index (χ4v) is 2.18. The first-order valence-corrected chi connectivity index (χ1v) is 4.63. The van der Waals surface area contributed by atoms with E-state index in [0.717, 1.165) is 4.96 Å². The number of aryl methyl sites for hydroxylation is 1. The van der Waals surface area contributed by atoms with E-state index in [-0.39, 0.29) is 0 Å². The number of imidazole rings is 1. The second-order valence-corrected chi connectivity index (χ2v) is 3.66. The van der Waals surface area contributed by atoms with Crippen molar-refractivity contribution in [1.29, 1.82) is 0 Å². The van der Waals surface area contributed by atoms with Gasteiger partial charge in [0, 0.05) is 23.5 Å². The van der Waals surface area contributed by atoms with Crippen LogP contribution in [0.1, 0.15) is 18.2 Å². The van der Waals surface area contributed by atoms with Gasteiger partial charge in [-0.05, 0) is 6.42 Å². The largest absolute Gasteiger partial charge is 0.297 e. The maximum absolute atomic E-state index is 4.20. The lowest BCUT2D eigenvalue weighted by atomic mass is 10.3. The van der Waals surface area contributed by atoms with Crippen LogP contribution in [0.5, 0.6) is 0 Å². The molecule has 0 bridgehead atoms. The molecule has 2 rings (SSSR count). The highest BCUT2D eigenvalue weighted by molar-refractivity contribution is 7.17. The Kier molecular flexibility index (Phi) is 1.66. The summed E-state index contributed by atoms with van der Waals surface area (Å²) in [4.78, 5) is 6.73. The molecule has 58 valence electrons. The van der Waals surface area contributed by atoms with Crippen LogP contribution < -0.4 is 0 Å². The number of thiazole rings is 1. The molecule has 0 unspecified atom stereocenters. The van der Waals surface area contributed by atoms with E-state index in [9.17, 15) is 0 Å². The number of aromatic nitrogens is 2. The summed E-state index contributed by atoms with van der Waals surface area (Å²) < 4.78 is 2.08. The Morgan fingerprint density at radius 2 is 2.55 bits per heavy atom. The number of nitrogens with zero attached hydrogens (tertiary/aromatic N) is 2. The Morgan fingerprint density at radius 3 is 3.27 bits per heavy atom. The van der Waals surface area contributed by atoms with Crippen molar-refractivity contribution < 1.29 is 0 Å². The van der Waals surface area contributed by atoms with Gasteiger partial charge in [-0.3, -0.25) is 4.40 Å². The van der Waals surface area contributed by atoms with Crippen LogP contribution in [0.25, 0.3) is 4.96 Å². The van der Waals surface area contributed by atoms with E-state index in [1.807, 2.05) is 12.4 Å². The molecule has 0 saturated heterocycles. The van der Waals surface area contributed by atoms with Gasteiger partial charge in [0.25, 0.3) is 0 Å². The van der Waals surface area contributed by atoms with E-state index in [2.05, 4.69) is 22.5 Å². The molecule has 0 atom stereocenters. The predicted octanol–water partition coefficient (Wildman–Crippen LogP) is 2.35. The third-order valence-electron chi connectivity index (χ3n) is 1.63. The van der Waals surface area contributed by atoms with Gasteiger partial charge in [-0.15, -0.1) is 11.3 Å². The molecule has 2 nitrogen and oxygen atoms in total. The molecular formula is C8H10N2S. The van der Waals surface area contributed by atoms with Gasteiger partial charge < -0.3 is 0 Å². The molecule has 0 aliphatic carbocycles. The van der Waals surface area contributed by atoms with Crippen LogP contribution in [-0.4, -0.2) is 9.38 Å². The molecule has 0 fully saturated rings. The maximum Gasteiger partial charge on any atom is 0.193 e. The van der Waals surface area contributed by atoms with Crippen molar-refractivity contribution in [3.63, 3.8) is 0 Å². The van der Waals surface area contributed by atoms with Crippen molar-refractivity contribution >= 4 is 16.3 Å². The van der Waals surface area contributed by atoms with Gasteiger partial charge in [0.1, 0.15) is 0 Å². The van der Waals surface area contributed by atoms with Crippen molar-refractivity contribution in [2.45, 2.75) is 19.8 Å². The molecule has 2 heterocycles. The first kappa shape index (κ1) is 6.85. The number of hydrogen-bond donors (Lipinski definition) is 0. The van der Waals surface area contributed by atoms with Crippen LogP contribution in [0.4, 0.5) is 0 Å². The predicted molar refractivity (Wildman–Crippen MR) is 47.1 cm³/mol. The smallest absolute Gasteiger partial charge is 0.193 e. The monoisotopic (exact) mass is 166 g/mol. The van der Waals surface area contributed by atoms with Crippen molar-refractivity contribution in [2.24, 2.45) is 0 Å². The Labute approximate surface area is 69.5 Å². The highest BCUT2D eigenvalue weighted by atomic mass is 32.1. The van der Waals surface area contributed by atoms with Crippen LogP contribution >= 0.6 is 11.3 Å². The zero-order valence-electron chi connectivity index (χ0n) is 6.45. The average Bonchev–Trinajstić information content (AvgIpc) is 2.46. The molecule has 0 aromatic carbocycles. The zero-order chi connectivity index (χ0) is 7.68. The SMILES string of the molecule is CCCc1cn2ccnc2s1. The lowest BCUT2D eigenvalue weighted by molar-refractivity contribution is 0.932. The Morgan fingerprint density at radius 1 is 1.64 bits per heavy atom. The minimum absolute atomic E-state index is 1.11. The summed E-state index contributed by atoms with van der Waals surface area (Å²) in [6, 6.07) is 0. The molecule has 2 aromatic rings. The summed E-state index contributed by atoms with van der Waals surface area (Å²) in [6.07, 6.45) is 8.38. The van der Waals surface area contributed by atoms with Gasteiger partial charge in [0.2, 0.25) is 0 Å². The minimum Gasteiger partial charge on any atom is -0.297 e. The molecule has 0 aliphatic rings. The van der Waals surface area contributed by atoms with Crippen molar-refractivity contribution in [3.8, 4) is 0 Å². The van der Waals surface area contributed by atoms with E-state index in [0.29, 0.717) is 0 Å². The van der Waals surface area contributed by atoms with E-state index in [1.165, 1.54) is 17.7 Å². The normalized spacial score (nSPS) is 11.0. The number of fused-ring (bicyclic) bond motifs is 1. The van der Waals surface area contributed by atoms with Gasteiger partial charge in [-0.25, -0.2) is 4.98 Å². The van der Waals surface area contributed by atoms with Crippen molar-refractivity contribution in [1.82, 2.24) is 9.38 Å². The molecule has 2 aromatic heterocycles. The van der Waals surface area contributed by atoms with Gasteiger partial charge in [0.05, 0.1) is 0 Å². The maximum atomic E-state index is 4.20. The standard InChI is InChI=1S/C8H10N2S/c1-2-3-7-6-10-5-4-9-8(10)11-7/h4-6H,2-3H2,1H3. The van der Waals surface area contributed by atoms with E-state index in [4.69, 9.17) is 0 Å². The molecule has 0 amide bonds. The molecule has 0 spiro atoms. The van der Waals surface area contributed by atoms with Crippen LogP contribution in [0.3, 0.4) is 0 Å². The summed E-state index contributed by atoms with van der Waals surface area (Å²) >= 11 is 1.78. The first-order chi connectivity index (χ1) is 5.40. The summed E-state index contributed by atoms with van der Waals surface area (Å²) in [5, 5.41) is 0. The molecular weight excluding hydrogens is 156 g/mol. The second kappa shape index (κ2) is 2.66. The summed E-state index contributed by atoms with van der Waals surface area (Å²) in [5.74, 6) is 0. The molecule has 0 saturated carbocycles. The second-order valence-electron chi connectivity index (χ2n) is 2.56. The number of rotatable bonds is 2. The van der Waals surface area contributed by atoms with Crippen LogP contribution in [0.2, 0.25) is 0 Å². The summed E-state index contributed by atoms with van der Waals surface area (Å²) in [7, 11) is 0. The van der Waals surface area contributed by atoms with Crippen LogP contribution in [0.15, 0.2) is 18.6 Å². The highest BCUT2D eigenvalue weighted by Crippen LogP contribution is 2.17.